The molecule has 0 aliphatic heterocycles. The van der Waals surface area contributed by atoms with Crippen molar-refractivity contribution in [3.63, 3.8) is 0 Å². The molecule has 2 N–H and O–H groups in total. The normalized spacial score (nSPS) is 10.7. The highest BCUT2D eigenvalue weighted by Gasteiger charge is 2.06. The molecule has 88 valence electrons. The van der Waals surface area contributed by atoms with Gasteiger partial charge in [0.15, 0.2) is 0 Å². The maximum absolute atomic E-state index is 6.03. The lowest BCUT2D eigenvalue weighted by Gasteiger charge is -2.07. The molecule has 0 bridgehead atoms. The summed E-state index contributed by atoms with van der Waals surface area (Å²) >= 11 is 3.43. The third-order valence-electron chi connectivity index (χ3n) is 2.91. The van der Waals surface area contributed by atoms with Crippen LogP contribution in [0.15, 0.2) is 59.1 Å². The molecule has 0 amide bonds. The lowest BCUT2D eigenvalue weighted by Crippen LogP contribution is -1.94. The number of hydrogen-bond acceptors (Lipinski definition) is 2. The molecule has 2 aromatic carbocycles. The molecule has 0 spiro atoms. The van der Waals surface area contributed by atoms with Gasteiger partial charge in [0, 0.05) is 15.4 Å². The first-order valence-electron chi connectivity index (χ1n) is 5.65. The Kier molecular flexibility index (Phi) is 2.76. The number of rotatable bonds is 1. The second-order valence-electron chi connectivity index (χ2n) is 4.12. The minimum absolute atomic E-state index is 0.566. The van der Waals surface area contributed by atoms with Gasteiger partial charge in [-0.3, -0.25) is 0 Å². The van der Waals surface area contributed by atoms with Crippen molar-refractivity contribution in [1.82, 2.24) is 4.98 Å². The highest BCUT2D eigenvalue weighted by Crippen LogP contribution is 2.29. The number of benzene rings is 2. The fourth-order valence-electron chi connectivity index (χ4n) is 1.99. The Balaban J connectivity index is 2.22. The summed E-state index contributed by atoms with van der Waals surface area (Å²) < 4.78 is 1.05. The number of fused-ring (bicyclic) bond motifs is 1. The van der Waals surface area contributed by atoms with Crippen molar-refractivity contribution in [2.24, 2.45) is 0 Å². The monoisotopic (exact) mass is 298 g/mol. The van der Waals surface area contributed by atoms with Crippen molar-refractivity contribution < 1.29 is 0 Å². The van der Waals surface area contributed by atoms with Gasteiger partial charge in [0.25, 0.3) is 0 Å². The van der Waals surface area contributed by atoms with Crippen LogP contribution in [0.5, 0.6) is 0 Å². The van der Waals surface area contributed by atoms with Crippen LogP contribution in [0.25, 0.3) is 22.0 Å². The van der Waals surface area contributed by atoms with E-state index in [0.29, 0.717) is 5.82 Å². The fourth-order valence-corrected chi connectivity index (χ4v) is 2.26. The van der Waals surface area contributed by atoms with Crippen molar-refractivity contribution in [1.29, 1.82) is 0 Å². The molecular formula is C15H11BrN2. The number of hydrogen-bond donors (Lipinski definition) is 1. The molecule has 0 radical (unpaired) electrons. The van der Waals surface area contributed by atoms with E-state index < -0.39 is 0 Å². The lowest BCUT2D eigenvalue weighted by molar-refractivity contribution is 1.41. The molecule has 1 aromatic heterocycles. The highest BCUT2D eigenvalue weighted by atomic mass is 79.9. The smallest absolute Gasteiger partial charge is 0.131 e. The van der Waals surface area contributed by atoms with Gasteiger partial charge in [-0.05, 0) is 29.8 Å². The van der Waals surface area contributed by atoms with Crippen molar-refractivity contribution >= 4 is 32.7 Å². The molecule has 3 heteroatoms. The minimum atomic E-state index is 0.566. The summed E-state index contributed by atoms with van der Waals surface area (Å²) in [5.41, 5.74) is 9.01. The Morgan fingerprint density at radius 1 is 0.944 bits per heavy atom. The van der Waals surface area contributed by atoms with E-state index in [1.165, 1.54) is 0 Å². The summed E-state index contributed by atoms with van der Waals surface area (Å²) in [7, 11) is 0. The molecule has 18 heavy (non-hydrogen) atoms. The highest BCUT2D eigenvalue weighted by molar-refractivity contribution is 9.10. The van der Waals surface area contributed by atoms with E-state index in [1.807, 2.05) is 48.5 Å². The van der Waals surface area contributed by atoms with Crippen LogP contribution in [-0.2, 0) is 0 Å². The van der Waals surface area contributed by atoms with Crippen LogP contribution in [0.1, 0.15) is 0 Å². The van der Waals surface area contributed by atoms with Gasteiger partial charge in [-0.15, -0.1) is 0 Å². The van der Waals surface area contributed by atoms with Crippen LogP contribution < -0.4 is 5.73 Å². The average molecular weight is 299 g/mol. The number of nitrogens with zero attached hydrogens (tertiary/aromatic N) is 1. The zero-order valence-electron chi connectivity index (χ0n) is 9.60. The van der Waals surface area contributed by atoms with Crippen LogP contribution in [0, 0.1) is 0 Å². The molecule has 0 atom stereocenters. The van der Waals surface area contributed by atoms with Gasteiger partial charge in [-0.25, -0.2) is 4.98 Å². The third kappa shape index (κ3) is 1.97. The number of nitrogens with two attached hydrogens (primary N) is 1. The largest absolute Gasteiger partial charge is 0.383 e. The van der Waals surface area contributed by atoms with Crippen molar-refractivity contribution in [3.8, 4) is 11.1 Å². The summed E-state index contributed by atoms with van der Waals surface area (Å²) in [4.78, 5) is 4.44. The molecule has 0 saturated heterocycles. The summed E-state index contributed by atoms with van der Waals surface area (Å²) in [5.74, 6) is 0.566. The first kappa shape index (κ1) is 11.2. The second kappa shape index (κ2) is 4.42. The van der Waals surface area contributed by atoms with E-state index in [4.69, 9.17) is 5.73 Å². The molecule has 3 aromatic rings. The van der Waals surface area contributed by atoms with Gasteiger partial charge in [0.2, 0.25) is 0 Å². The Hall–Kier alpha value is -1.87. The first-order valence-corrected chi connectivity index (χ1v) is 6.44. The number of aromatic nitrogens is 1. The number of halogens is 1. The van der Waals surface area contributed by atoms with Gasteiger partial charge in [-0.1, -0.05) is 46.3 Å². The Labute approximate surface area is 114 Å². The Bertz CT molecular complexity index is 705. The molecule has 0 unspecified atom stereocenters. The van der Waals surface area contributed by atoms with Gasteiger partial charge in [-0.2, -0.15) is 0 Å². The summed E-state index contributed by atoms with van der Waals surface area (Å²) in [6, 6.07) is 18.1. The van der Waals surface area contributed by atoms with Gasteiger partial charge in [0.05, 0.1) is 5.52 Å². The van der Waals surface area contributed by atoms with Crippen LogP contribution in [0.3, 0.4) is 0 Å². The predicted molar refractivity (Wildman–Crippen MR) is 79.3 cm³/mol. The third-order valence-corrected chi connectivity index (χ3v) is 3.44. The van der Waals surface area contributed by atoms with Crippen LogP contribution >= 0.6 is 15.9 Å². The van der Waals surface area contributed by atoms with Crippen molar-refractivity contribution in [3.05, 3.63) is 59.1 Å². The predicted octanol–water partition coefficient (Wildman–Crippen LogP) is 4.25. The molecule has 0 saturated carbocycles. The van der Waals surface area contributed by atoms with E-state index in [2.05, 4.69) is 27.0 Å². The Morgan fingerprint density at radius 2 is 1.67 bits per heavy atom. The summed E-state index contributed by atoms with van der Waals surface area (Å²) in [6.45, 7) is 0. The average Bonchev–Trinajstić information content (AvgIpc) is 2.39. The number of para-hydroxylation sites is 1. The fraction of sp³-hybridized carbons (Fsp3) is 0. The minimum Gasteiger partial charge on any atom is -0.383 e. The van der Waals surface area contributed by atoms with E-state index in [0.717, 1.165) is 26.5 Å². The molecule has 1 heterocycles. The summed E-state index contributed by atoms with van der Waals surface area (Å²) in [6.07, 6.45) is 0. The van der Waals surface area contributed by atoms with E-state index in [-0.39, 0.29) is 0 Å². The van der Waals surface area contributed by atoms with Gasteiger partial charge < -0.3 is 5.73 Å². The van der Waals surface area contributed by atoms with Gasteiger partial charge >= 0.3 is 0 Å². The Morgan fingerprint density at radius 3 is 2.44 bits per heavy atom. The molecular weight excluding hydrogens is 288 g/mol. The first-order chi connectivity index (χ1) is 8.74. The van der Waals surface area contributed by atoms with Crippen LogP contribution in [0.4, 0.5) is 5.82 Å². The van der Waals surface area contributed by atoms with E-state index in [9.17, 15) is 0 Å². The van der Waals surface area contributed by atoms with E-state index in [1.54, 1.807) is 0 Å². The quantitative estimate of drug-likeness (QED) is 0.729. The van der Waals surface area contributed by atoms with Crippen LogP contribution in [-0.4, -0.2) is 4.98 Å². The van der Waals surface area contributed by atoms with Gasteiger partial charge in [0.1, 0.15) is 5.82 Å². The SMILES string of the molecule is Nc1nc2ccccc2cc1-c1ccc(Br)cc1. The number of nitrogen functional groups attached to an aromatic ring is 1. The topological polar surface area (TPSA) is 38.9 Å². The molecule has 0 fully saturated rings. The maximum atomic E-state index is 6.03. The van der Waals surface area contributed by atoms with Crippen molar-refractivity contribution in [2.75, 3.05) is 5.73 Å². The maximum Gasteiger partial charge on any atom is 0.131 e. The molecule has 2 nitrogen and oxygen atoms in total. The number of anilines is 1. The molecule has 0 aliphatic rings. The van der Waals surface area contributed by atoms with E-state index >= 15 is 0 Å². The standard InChI is InChI=1S/C15H11BrN2/c16-12-7-5-10(6-8-12)13-9-11-3-1-2-4-14(11)18-15(13)17/h1-9H,(H2,17,18). The number of pyridine rings is 1. The zero-order valence-corrected chi connectivity index (χ0v) is 11.2. The van der Waals surface area contributed by atoms with Crippen LogP contribution in [0.2, 0.25) is 0 Å². The second-order valence-corrected chi connectivity index (χ2v) is 5.04. The molecule has 3 rings (SSSR count). The summed E-state index contributed by atoms with van der Waals surface area (Å²) in [5, 5.41) is 1.10. The lowest BCUT2D eigenvalue weighted by atomic mass is 10.0. The zero-order chi connectivity index (χ0) is 12.5. The molecule has 0 aliphatic carbocycles. The van der Waals surface area contributed by atoms with Crippen molar-refractivity contribution in [2.45, 2.75) is 0 Å².